The number of carbonyl (C=O) groups is 1. The highest BCUT2D eigenvalue weighted by Crippen LogP contribution is 2.13. The van der Waals surface area contributed by atoms with Crippen molar-refractivity contribution in [2.24, 2.45) is 0 Å². The average molecular weight is 286 g/mol. The number of benzene rings is 1. The Labute approximate surface area is 128 Å². The summed E-state index contributed by atoms with van der Waals surface area (Å²) < 4.78 is 0. The van der Waals surface area contributed by atoms with Gasteiger partial charge >= 0.3 is 5.97 Å². The zero-order valence-electron chi connectivity index (χ0n) is 12.9. The van der Waals surface area contributed by atoms with Crippen molar-refractivity contribution in [2.75, 3.05) is 0 Å². The number of aliphatic carboxylic acids is 1. The Morgan fingerprint density at radius 2 is 1.71 bits per heavy atom. The minimum absolute atomic E-state index is 0.498. The number of unbranched alkanes of at least 4 members (excludes halogenated alkanes) is 5. The second-order valence-corrected chi connectivity index (χ2v) is 5.28. The summed E-state index contributed by atoms with van der Waals surface area (Å²) in [6.07, 6.45) is 13.2. The molecule has 1 rings (SSSR count). The van der Waals surface area contributed by atoms with Gasteiger partial charge in [0.2, 0.25) is 0 Å². The lowest BCUT2D eigenvalue weighted by Gasteiger charge is -2.02. The minimum atomic E-state index is -0.804. The Morgan fingerprint density at radius 3 is 2.38 bits per heavy atom. The van der Waals surface area contributed by atoms with Gasteiger partial charge in [-0.15, -0.1) is 0 Å². The smallest absolute Gasteiger partial charge is 0.331 e. The summed E-state index contributed by atoms with van der Waals surface area (Å²) in [7, 11) is 0. The fraction of sp³-hybridized carbons (Fsp3) is 0.421. The molecule has 0 unspecified atom stereocenters. The topological polar surface area (TPSA) is 37.3 Å². The molecule has 0 radical (unpaired) electrons. The molecule has 0 aliphatic carbocycles. The second kappa shape index (κ2) is 10.9. The van der Waals surface area contributed by atoms with Crippen LogP contribution in [0.25, 0.3) is 6.08 Å². The number of carboxylic acids is 1. The highest BCUT2D eigenvalue weighted by atomic mass is 16.4. The van der Waals surface area contributed by atoms with E-state index in [4.69, 9.17) is 0 Å². The van der Waals surface area contributed by atoms with Crippen LogP contribution in [0.1, 0.15) is 57.4 Å². The normalized spacial score (nSPS) is 12.0. The van der Waals surface area contributed by atoms with Gasteiger partial charge in [0.15, 0.2) is 0 Å². The highest BCUT2D eigenvalue weighted by Gasteiger charge is 2.05. The second-order valence-electron chi connectivity index (χ2n) is 5.28. The Balaban J connectivity index is 2.40. The van der Waals surface area contributed by atoms with E-state index < -0.39 is 5.97 Å². The van der Waals surface area contributed by atoms with Crippen LogP contribution >= 0.6 is 0 Å². The predicted octanol–water partition coefficient (Wildman–Crippen LogP) is 5.46. The van der Waals surface area contributed by atoms with Crippen molar-refractivity contribution in [1.29, 1.82) is 0 Å². The van der Waals surface area contributed by atoms with Gasteiger partial charge in [-0.25, -0.2) is 4.79 Å². The standard InChI is InChI=1S/C19H26O2/c1-2-3-4-5-6-10-15-18(19(20)21)16-11-14-17-12-8-7-9-13-17/h7-9,11-14,16H,2-6,10,15H2,1H3,(H,20,21). The maximum Gasteiger partial charge on any atom is 0.331 e. The first-order chi connectivity index (χ1) is 10.2. The summed E-state index contributed by atoms with van der Waals surface area (Å²) in [5.41, 5.74) is 1.58. The third-order valence-corrected chi connectivity index (χ3v) is 3.46. The van der Waals surface area contributed by atoms with Crippen molar-refractivity contribution < 1.29 is 9.90 Å². The van der Waals surface area contributed by atoms with Crippen molar-refractivity contribution in [2.45, 2.75) is 51.9 Å². The van der Waals surface area contributed by atoms with Gasteiger partial charge in [0.05, 0.1) is 0 Å². The van der Waals surface area contributed by atoms with Gasteiger partial charge in [-0.1, -0.05) is 87.6 Å². The molecule has 0 heterocycles. The quantitative estimate of drug-likeness (QED) is 0.352. The minimum Gasteiger partial charge on any atom is -0.478 e. The van der Waals surface area contributed by atoms with Crippen molar-refractivity contribution in [3.8, 4) is 0 Å². The molecule has 1 N–H and O–H groups in total. The summed E-state index contributed by atoms with van der Waals surface area (Å²) in [4.78, 5) is 11.2. The van der Waals surface area contributed by atoms with E-state index in [0.717, 1.165) is 18.4 Å². The molecule has 1 aromatic rings. The molecule has 0 saturated carbocycles. The van der Waals surface area contributed by atoms with E-state index in [1.165, 1.54) is 25.7 Å². The Morgan fingerprint density at radius 1 is 1.05 bits per heavy atom. The van der Waals surface area contributed by atoms with Crippen LogP contribution in [-0.2, 0) is 4.79 Å². The molecule has 2 heteroatoms. The first kappa shape index (κ1) is 17.2. The monoisotopic (exact) mass is 286 g/mol. The van der Waals surface area contributed by atoms with Gasteiger partial charge in [-0.2, -0.15) is 0 Å². The number of hydrogen-bond donors (Lipinski definition) is 1. The van der Waals surface area contributed by atoms with E-state index in [9.17, 15) is 9.90 Å². The number of carboxylic acid groups (broad SMARTS) is 1. The predicted molar refractivity (Wildman–Crippen MR) is 89.2 cm³/mol. The van der Waals surface area contributed by atoms with E-state index >= 15 is 0 Å². The van der Waals surface area contributed by atoms with Crippen molar-refractivity contribution in [3.05, 3.63) is 53.6 Å². The molecule has 0 bridgehead atoms. The first-order valence-electron chi connectivity index (χ1n) is 7.89. The molecule has 1 aromatic carbocycles. The average Bonchev–Trinajstić information content (AvgIpc) is 2.49. The van der Waals surface area contributed by atoms with Gasteiger partial charge in [-0.05, 0) is 18.4 Å². The maximum atomic E-state index is 11.2. The summed E-state index contributed by atoms with van der Waals surface area (Å²) in [5.74, 6) is -0.804. The van der Waals surface area contributed by atoms with Crippen molar-refractivity contribution in [3.63, 3.8) is 0 Å². The van der Waals surface area contributed by atoms with Crippen LogP contribution < -0.4 is 0 Å². The van der Waals surface area contributed by atoms with Gasteiger partial charge in [0.1, 0.15) is 0 Å². The highest BCUT2D eigenvalue weighted by molar-refractivity contribution is 5.87. The van der Waals surface area contributed by atoms with Crippen LogP contribution in [0.3, 0.4) is 0 Å². The fourth-order valence-corrected chi connectivity index (χ4v) is 2.20. The van der Waals surface area contributed by atoms with Gasteiger partial charge < -0.3 is 5.11 Å². The molecule has 0 fully saturated rings. The molecule has 0 saturated heterocycles. The molecular weight excluding hydrogens is 260 g/mol. The Hall–Kier alpha value is -1.83. The van der Waals surface area contributed by atoms with Gasteiger partial charge in [-0.3, -0.25) is 0 Å². The van der Waals surface area contributed by atoms with Crippen LogP contribution in [0.5, 0.6) is 0 Å². The summed E-state index contributed by atoms with van der Waals surface area (Å²) in [6.45, 7) is 2.20. The zero-order valence-corrected chi connectivity index (χ0v) is 12.9. The van der Waals surface area contributed by atoms with Crippen LogP contribution in [0.15, 0.2) is 48.1 Å². The van der Waals surface area contributed by atoms with Crippen LogP contribution in [0.4, 0.5) is 0 Å². The molecule has 0 aliphatic heterocycles. The van der Waals surface area contributed by atoms with Gasteiger partial charge in [0, 0.05) is 5.57 Å². The Bertz CT molecular complexity index is 458. The molecule has 0 spiro atoms. The molecule has 114 valence electrons. The number of rotatable bonds is 10. The molecule has 0 atom stereocenters. The molecule has 2 nitrogen and oxygen atoms in total. The maximum absolute atomic E-state index is 11.2. The van der Waals surface area contributed by atoms with E-state index in [2.05, 4.69) is 6.92 Å². The first-order valence-corrected chi connectivity index (χ1v) is 7.89. The van der Waals surface area contributed by atoms with Crippen LogP contribution in [-0.4, -0.2) is 11.1 Å². The third-order valence-electron chi connectivity index (χ3n) is 3.46. The lowest BCUT2D eigenvalue weighted by Crippen LogP contribution is -2.00. The lowest BCUT2D eigenvalue weighted by atomic mass is 10.0. The van der Waals surface area contributed by atoms with E-state index in [0.29, 0.717) is 12.0 Å². The van der Waals surface area contributed by atoms with Crippen LogP contribution in [0.2, 0.25) is 0 Å². The van der Waals surface area contributed by atoms with E-state index in [1.807, 2.05) is 42.5 Å². The van der Waals surface area contributed by atoms with Crippen LogP contribution in [0, 0.1) is 0 Å². The summed E-state index contributed by atoms with van der Waals surface area (Å²) in [6, 6.07) is 9.90. The third kappa shape index (κ3) is 8.13. The molecular formula is C19H26O2. The summed E-state index contributed by atoms with van der Waals surface area (Å²) >= 11 is 0. The molecule has 0 amide bonds. The zero-order chi connectivity index (χ0) is 15.3. The van der Waals surface area contributed by atoms with E-state index in [-0.39, 0.29) is 0 Å². The molecule has 0 aromatic heterocycles. The molecule has 0 aliphatic rings. The number of hydrogen-bond acceptors (Lipinski definition) is 1. The van der Waals surface area contributed by atoms with Crippen molar-refractivity contribution >= 4 is 12.0 Å². The largest absolute Gasteiger partial charge is 0.478 e. The Kier molecular flexibility index (Phi) is 8.94. The lowest BCUT2D eigenvalue weighted by molar-refractivity contribution is -0.132. The number of allylic oxidation sites excluding steroid dienone is 2. The van der Waals surface area contributed by atoms with Gasteiger partial charge in [0.25, 0.3) is 0 Å². The fourth-order valence-electron chi connectivity index (χ4n) is 2.20. The SMILES string of the molecule is CCCCCCCCC(=CC=Cc1ccccc1)C(=O)O. The molecule has 21 heavy (non-hydrogen) atoms. The van der Waals surface area contributed by atoms with E-state index in [1.54, 1.807) is 6.08 Å². The van der Waals surface area contributed by atoms with Crippen molar-refractivity contribution in [1.82, 2.24) is 0 Å². The summed E-state index contributed by atoms with van der Waals surface area (Å²) in [5, 5.41) is 9.21.